The molecule has 1 heterocycles. The number of alkyl halides is 2. The van der Waals surface area contributed by atoms with Crippen LogP contribution in [-0.2, 0) is 0 Å². The summed E-state index contributed by atoms with van der Waals surface area (Å²) < 4.78 is 29.2. The van der Waals surface area contributed by atoms with Gasteiger partial charge in [0.05, 0.1) is 17.1 Å². The lowest BCUT2D eigenvalue weighted by Gasteiger charge is -2.06. The molecule has 72 valence electrons. The highest BCUT2D eigenvalue weighted by Crippen LogP contribution is 2.30. The van der Waals surface area contributed by atoms with Crippen LogP contribution in [0.2, 0.25) is 0 Å². The van der Waals surface area contributed by atoms with Gasteiger partial charge < -0.3 is 9.72 Å². The second-order valence-electron chi connectivity index (χ2n) is 2.22. The number of halogens is 3. The molecule has 0 saturated heterocycles. The molecule has 0 aromatic carbocycles. The summed E-state index contributed by atoms with van der Waals surface area (Å²) >= 11 is 2.87. The van der Waals surface area contributed by atoms with Crippen LogP contribution >= 0.6 is 15.9 Å². The van der Waals surface area contributed by atoms with Crippen LogP contribution in [0, 0.1) is 0 Å². The molecule has 1 aromatic heterocycles. The van der Waals surface area contributed by atoms with E-state index in [0.29, 0.717) is 0 Å². The van der Waals surface area contributed by atoms with E-state index >= 15 is 0 Å². The SMILES string of the molecule is COc1c(Br)c(C(F)F)c[nH]c1=O. The highest BCUT2D eigenvalue weighted by Gasteiger charge is 2.17. The van der Waals surface area contributed by atoms with E-state index in [-0.39, 0.29) is 15.8 Å². The van der Waals surface area contributed by atoms with Gasteiger partial charge in [-0.1, -0.05) is 0 Å². The molecule has 0 amide bonds. The molecule has 0 atom stereocenters. The summed E-state index contributed by atoms with van der Waals surface area (Å²) in [6, 6.07) is 0. The lowest BCUT2D eigenvalue weighted by atomic mass is 10.3. The predicted molar refractivity (Wildman–Crippen MR) is 46.3 cm³/mol. The van der Waals surface area contributed by atoms with Crippen molar-refractivity contribution in [2.24, 2.45) is 0 Å². The Morgan fingerprint density at radius 1 is 1.62 bits per heavy atom. The van der Waals surface area contributed by atoms with E-state index in [4.69, 9.17) is 0 Å². The summed E-state index contributed by atoms with van der Waals surface area (Å²) in [7, 11) is 1.24. The summed E-state index contributed by atoms with van der Waals surface area (Å²) in [4.78, 5) is 13.1. The van der Waals surface area contributed by atoms with E-state index in [1.54, 1.807) is 0 Å². The molecule has 13 heavy (non-hydrogen) atoms. The van der Waals surface area contributed by atoms with Gasteiger partial charge in [-0.25, -0.2) is 8.78 Å². The number of H-pyrrole nitrogens is 1. The van der Waals surface area contributed by atoms with E-state index < -0.39 is 12.0 Å². The molecule has 1 aromatic rings. The standard InChI is InChI=1S/C7H6BrF2NO2/c1-13-5-4(8)3(6(9)10)2-11-7(5)12/h2,6H,1H3,(H,11,12). The van der Waals surface area contributed by atoms with Gasteiger partial charge in [-0.2, -0.15) is 0 Å². The quantitative estimate of drug-likeness (QED) is 0.877. The number of pyridine rings is 1. The fourth-order valence-electron chi connectivity index (χ4n) is 0.844. The maximum Gasteiger partial charge on any atom is 0.291 e. The summed E-state index contributed by atoms with van der Waals surface area (Å²) in [5.41, 5.74) is -0.838. The van der Waals surface area contributed by atoms with E-state index in [0.717, 1.165) is 6.20 Å². The first-order chi connectivity index (χ1) is 6.07. The molecule has 0 spiro atoms. The second-order valence-corrected chi connectivity index (χ2v) is 3.01. The van der Waals surface area contributed by atoms with Gasteiger partial charge in [0.25, 0.3) is 12.0 Å². The van der Waals surface area contributed by atoms with Gasteiger partial charge in [-0.05, 0) is 15.9 Å². The van der Waals surface area contributed by atoms with Gasteiger partial charge in [-0.15, -0.1) is 0 Å². The molecule has 0 saturated carbocycles. The maximum atomic E-state index is 12.3. The molecule has 0 aliphatic carbocycles. The van der Waals surface area contributed by atoms with Crippen molar-refractivity contribution in [3.63, 3.8) is 0 Å². The number of hydrogen-bond donors (Lipinski definition) is 1. The van der Waals surface area contributed by atoms with E-state index in [1.165, 1.54) is 7.11 Å². The van der Waals surface area contributed by atoms with Gasteiger partial charge >= 0.3 is 0 Å². The third-order valence-corrected chi connectivity index (χ3v) is 2.27. The molecule has 0 radical (unpaired) electrons. The van der Waals surface area contributed by atoms with Crippen LogP contribution in [0.5, 0.6) is 5.75 Å². The van der Waals surface area contributed by atoms with Crippen molar-refractivity contribution in [1.29, 1.82) is 0 Å². The molecule has 1 rings (SSSR count). The Labute approximate surface area is 80.9 Å². The zero-order valence-corrected chi connectivity index (χ0v) is 8.19. The van der Waals surface area contributed by atoms with E-state index in [2.05, 4.69) is 25.7 Å². The Balaban J connectivity index is 3.36. The number of aromatic amines is 1. The van der Waals surface area contributed by atoms with Crippen molar-refractivity contribution in [2.75, 3.05) is 7.11 Å². The third kappa shape index (κ3) is 1.88. The van der Waals surface area contributed by atoms with Gasteiger partial charge in [-0.3, -0.25) is 4.79 Å². The van der Waals surface area contributed by atoms with Crippen molar-refractivity contribution in [3.8, 4) is 5.75 Å². The smallest absolute Gasteiger partial charge is 0.291 e. The minimum absolute atomic E-state index is 0.00579. The molecule has 0 bridgehead atoms. The summed E-state index contributed by atoms with van der Waals surface area (Å²) in [5.74, 6) is -0.141. The van der Waals surface area contributed by atoms with Gasteiger partial charge in [0.15, 0.2) is 5.75 Å². The molecule has 0 fully saturated rings. The van der Waals surface area contributed by atoms with Crippen LogP contribution in [0.4, 0.5) is 8.78 Å². The average molecular weight is 254 g/mol. The normalized spacial score (nSPS) is 10.5. The second kappa shape index (κ2) is 3.87. The summed E-state index contributed by atoms with van der Waals surface area (Å²) in [6.07, 6.45) is -1.69. The molecular formula is C7H6BrF2NO2. The lowest BCUT2D eigenvalue weighted by molar-refractivity contribution is 0.149. The highest BCUT2D eigenvalue weighted by molar-refractivity contribution is 9.10. The number of nitrogens with one attached hydrogen (secondary N) is 1. The fourth-order valence-corrected chi connectivity index (χ4v) is 1.47. The lowest BCUT2D eigenvalue weighted by Crippen LogP contribution is -2.10. The Kier molecular flexibility index (Phi) is 3.02. The summed E-state index contributed by atoms with van der Waals surface area (Å²) in [5, 5.41) is 0. The molecule has 3 nitrogen and oxygen atoms in total. The first kappa shape index (κ1) is 10.2. The van der Waals surface area contributed by atoms with Crippen LogP contribution in [0.15, 0.2) is 15.5 Å². The first-order valence-corrected chi connectivity index (χ1v) is 4.10. The predicted octanol–water partition coefficient (Wildman–Crippen LogP) is 2.08. The van der Waals surface area contributed by atoms with Crippen LogP contribution in [0.3, 0.4) is 0 Å². The number of rotatable bonds is 2. The average Bonchev–Trinajstić information content (AvgIpc) is 2.04. The number of ether oxygens (including phenoxy) is 1. The van der Waals surface area contributed by atoms with Crippen LogP contribution in [0.25, 0.3) is 0 Å². The van der Waals surface area contributed by atoms with Gasteiger partial charge in [0, 0.05) is 6.20 Å². The maximum absolute atomic E-state index is 12.3. The Morgan fingerprint density at radius 2 is 2.23 bits per heavy atom. The van der Waals surface area contributed by atoms with Gasteiger partial charge in [0.2, 0.25) is 0 Å². The van der Waals surface area contributed by atoms with E-state index in [1.807, 2.05) is 0 Å². The monoisotopic (exact) mass is 253 g/mol. The van der Waals surface area contributed by atoms with Crippen molar-refractivity contribution in [3.05, 3.63) is 26.6 Å². The van der Waals surface area contributed by atoms with Crippen LogP contribution < -0.4 is 10.3 Å². The minimum atomic E-state index is -2.65. The van der Waals surface area contributed by atoms with Gasteiger partial charge in [0.1, 0.15) is 0 Å². The van der Waals surface area contributed by atoms with Crippen LogP contribution in [-0.4, -0.2) is 12.1 Å². The zero-order chi connectivity index (χ0) is 10.0. The molecular weight excluding hydrogens is 248 g/mol. The number of aromatic nitrogens is 1. The number of methoxy groups -OCH3 is 1. The number of hydrogen-bond acceptors (Lipinski definition) is 2. The first-order valence-electron chi connectivity index (χ1n) is 3.31. The molecule has 6 heteroatoms. The fraction of sp³-hybridized carbons (Fsp3) is 0.286. The molecule has 0 aliphatic heterocycles. The van der Waals surface area contributed by atoms with Crippen molar-refractivity contribution < 1.29 is 13.5 Å². The van der Waals surface area contributed by atoms with E-state index in [9.17, 15) is 13.6 Å². The molecule has 1 N–H and O–H groups in total. The van der Waals surface area contributed by atoms with Crippen molar-refractivity contribution in [2.45, 2.75) is 6.43 Å². The molecule has 0 aliphatic rings. The Hall–Kier alpha value is -0.910. The van der Waals surface area contributed by atoms with Crippen molar-refractivity contribution >= 4 is 15.9 Å². The van der Waals surface area contributed by atoms with Crippen molar-refractivity contribution in [1.82, 2.24) is 4.98 Å². The molecule has 0 unspecified atom stereocenters. The van der Waals surface area contributed by atoms with Crippen LogP contribution in [0.1, 0.15) is 12.0 Å². The third-order valence-electron chi connectivity index (χ3n) is 1.46. The highest BCUT2D eigenvalue weighted by atomic mass is 79.9. The summed E-state index contributed by atoms with van der Waals surface area (Å²) in [6.45, 7) is 0. The topological polar surface area (TPSA) is 42.1 Å². The zero-order valence-electron chi connectivity index (χ0n) is 6.61. The Morgan fingerprint density at radius 3 is 2.69 bits per heavy atom. The Bertz CT molecular complexity index is 364. The largest absolute Gasteiger partial charge is 0.490 e. The minimum Gasteiger partial charge on any atom is -0.490 e.